The van der Waals surface area contributed by atoms with Gasteiger partial charge in [0, 0.05) is 25.9 Å². The van der Waals surface area contributed by atoms with Crippen LogP contribution in [0.25, 0.3) is 0 Å². The number of alkyl carbamates (subject to hydrolysis) is 2. The molecule has 9 heteroatoms. The smallest absolute Gasteiger partial charge is 0.416 e. The highest BCUT2D eigenvalue weighted by Gasteiger charge is 2.30. The number of carbonyl (C=O) groups is 2. The molecule has 0 aliphatic heterocycles. The molecule has 0 aromatic heterocycles. The van der Waals surface area contributed by atoms with Gasteiger partial charge in [-0.15, -0.1) is 0 Å². The summed E-state index contributed by atoms with van der Waals surface area (Å²) in [4.78, 5) is 23.4. The SMILES string of the molecule is CCCNC(=O)OCCc1ccc(Cc2cccc(C(F)(F)F)c2)c(CCOC(=O)NCCC)c1. The molecule has 0 unspecified atom stereocenters. The maximum atomic E-state index is 13.1. The van der Waals surface area contributed by atoms with Crippen molar-refractivity contribution in [2.75, 3.05) is 26.3 Å². The van der Waals surface area contributed by atoms with Gasteiger partial charge in [0.1, 0.15) is 0 Å². The standard InChI is InChI=1S/C26H33F3N2O4/c1-3-12-30-24(32)34-14-10-19-8-9-21(17-20-6-5-7-23(18-20)26(27,28)29)22(16-19)11-15-35-25(33)31-13-4-2/h5-9,16,18H,3-4,10-15,17H2,1-2H3,(H,30,32)(H,31,33). The van der Waals surface area contributed by atoms with Crippen LogP contribution in [0.5, 0.6) is 0 Å². The third-order valence-electron chi connectivity index (χ3n) is 5.19. The lowest BCUT2D eigenvalue weighted by molar-refractivity contribution is -0.137. The zero-order valence-electron chi connectivity index (χ0n) is 20.2. The first-order valence-corrected chi connectivity index (χ1v) is 11.8. The number of nitrogens with one attached hydrogen (secondary N) is 2. The second-order valence-electron chi connectivity index (χ2n) is 8.10. The average Bonchev–Trinajstić information content (AvgIpc) is 2.82. The van der Waals surface area contributed by atoms with Crippen LogP contribution in [0.4, 0.5) is 22.8 Å². The summed E-state index contributed by atoms with van der Waals surface area (Å²) in [6, 6.07) is 10.9. The number of ether oxygens (including phenoxy) is 2. The van der Waals surface area contributed by atoms with Gasteiger partial charge >= 0.3 is 18.4 Å². The highest BCUT2D eigenvalue weighted by molar-refractivity contribution is 5.67. The number of alkyl halides is 3. The van der Waals surface area contributed by atoms with E-state index in [0.29, 0.717) is 37.9 Å². The molecule has 2 aromatic rings. The molecule has 2 amide bonds. The van der Waals surface area contributed by atoms with Gasteiger partial charge in [0.2, 0.25) is 0 Å². The Labute approximate surface area is 204 Å². The molecule has 0 saturated heterocycles. The van der Waals surface area contributed by atoms with E-state index in [2.05, 4.69) is 10.6 Å². The Morgan fingerprint density at radius 3 is 2.03 bits per heavy atom. The normalized spacial score (nSPS) is 11.1. The fourth-order valence-corrected chi connectivity index (χ4v) is 3.39. The van der Waals surface area contributed by atoms with Crippen LogP contribution in [0.2, 0.25) is 0 Å². The number of hydrogen-bond donors (Lipinski definition) is 2. The topological polar surface area (TPSA) is 76.7 Å². The Morgan fingerprint density at radius 1 is 0.800 bits per heavy atom. The average molecular weight is 495 g/mol. The minimum Gasteiger partial charge on any atom is -0.449 e. The Kier molecular flexibility index (Phi) is 11.4. The van der Waals surface area contributed by atoms with Crippen LogP contribution < -0.4 is 10.6 Å². The zero-order valence-corrected chi connectivity index (χ0v) is 20.2. The summed E-state index contributed by atoms with van der Waals surface area (Å²) in [5, 5.41) is 5.27. The van der Waals surface area contributed by atoms with Crippen LogP contribution in [0.1, 0.15) is 54.5 Å². The number of halogens is 3. The molecule has 0 aliphatic carbocycles. The molecule has 0 fully saturated rings. The van der Waals surface area contributed by atoms with E-state index in [1.165, 1.54) is 6.07 Å². The van der Waals surface area contributed by atoms with Crippen molar-refractivity contribution < 1.29 is 32.2 Å². The van der Waals surface area contributed by atoms with Gasteiger partial charge in [-0.05, 0) is 47.6 Å². The van der Waals surface area contributed by atoms with Crippen molar-refractivity contribution in [3.8, 4) is 0 Å². The minimum absolute atomic E-state index is 0.129. The lowest BCUT2D eigenvalue weighted by Crippen LogP contribution is -2.25. The largest absolute Gasteiger partial charge is 0.449 e. The predicted octanol–water partition coefficient (Wildman–Crippen LogP) is 5.65. The summed E-state index contributed by atoms with van der Waals surface area (Å²) < 4.78 is 49.8. The number of benzene rings is 2. The van der Waals surface area contributed by atoms with E-state index in [1.54, 1.807) is 6.07 Å². The van der Waals surface area contributed by atoms with E-state index in [4.69, 9.17) is 9.47 Å². The van der Waals surface area contributed by atoms with E-state index < -0.39 is 23.9 Å². The van der Waals surface area contributed by atoms with Crippen molar-refractivity contribution in [1.29, 1.82) is 0 Å². The van der Waals surface area contributed by atoms with E-state index >= 15 is 0 Å². The highest BCUT2D eigenvalue weighted by atomic mass is 19.4. The molecule has 192 valence electrons. The van der Waals surface area contributed by atoms with Crippen molar-refractivity contribution in [3.63, 3.8) is 0 Å². The summed E-state index contributed by atoms with van der Waals surface area (Å²) >= 11 is 0. The second-order valence-corrected chi connectivity index (χ2v) is 8.10. The molecule has 2 N–H and O–H groups in total. The van der Waals surface area contributed by atoms with Gasteiger partial charge in [-0.2, -0.15) is 13.2 Å². The van der Waals surface area contributed by atoms with Gasteiger partial charge in [-0.1, -0.05) is 50.2 Å². The van der Waals surface area contributed by atoms with Crippen molar-refractivity contribution >= 4 is 12.2 Å². The molecule has 0 radical (unpaired) electrons. The molecular formula is C26H33F3N2O4. The van der Waals surface area contributed by atoms with Gasteiger partial charge in [0.25, 0.3) is 0 Å². The molecular weight excluding hydrogens is 461 g/mol. The monoisotopic (exact) mass is 494 g/mol. The number of rotatable bonds is 12. The second kappa shape index (κ2) is 14.2. The molecule has 0 saturated carbocycles. The number of amides is 2. The fourth-order valence-electron chi connectivity index (χ4n) is 3.39. The van der Waals surface area contributed by atoms with E-state index in [9.17, 15) is 22.8 Å². The summed E-state index contributed by atoms with van der Waals surface area (Å²) in [5.41, 5.74) is 2.45. The first kappa shape index (κ1) is 28.0. The molecule has 0 atom stereocenters. The predicted molar refractivity (Wildman–Crippen MR) is 127 cm³/mol. The van der Waals surface area contributed by atoms with Gasteiger partial charge in [0.15, 0.2) is 0 Å². The van der Waals surface area contributed by atoms with Crippen molar-refractivity contribution in [2.24, 2.45) is 0 Å². The highest BCUT2D eigenvalue weighted by Crippen LogP contribution is 2.30. The molecule has 0 aliphatic rings. The van der Waals surface area contributed by atoms with Gasteiger partial charge in [0.05, 0.1) is 18.8 Å². The van der Waals surface area contributed by atoms with Crippen LogP contribution in [-0.2, 0) is 34.9 Å². The molecule has 2 rings (SSSR count). The third-order valence-corrected chi connectivity index (χ3v) is 5.19. The molecule has 35 heavy (non-hydrogen) atoms. The van der Waals surface area contributed by atoms with E-state index in [0.717, 1.165) is 41.7 Å². The summed E-state index contributed by atoms with van der Waals surface area (Å²) in [6.07, 6.45) is -2.60. The molecule has 0 heterocycles. The zero-order chi connectivity index (χ0) is 25.7. The Bertz CT molecular complexity index is 964. The van der Waals surface area contributed by atoms with Crippen molar-refractivity contribution in [1.82, 2.24) is 10.6 Å². The summed E-state index contributed by atoms with van der Waals surface area (Å²) in [6.45, 7) is 5.26. The molecule has 0 bridgehead atoms. The molecule has 6 nitrogen and oxygen atoms in total. The Balaban J connectivity index is 2.12. The van der Waals surface area contributed by atoms with E-state index in [-0.39, 0.29) is 13.2 Å². The fraction of sp³-hybridized carbons (Fsp3) is 0.462. The van der Waals surface area contributed by atoms with Gasteiger partial charge in [-0.3, -0.25) is 0 Å². The van der Waals surface area contributed by atoms with Crippen LogP contribution in [-0.4, -0.2) is 38.5 Å². The number of hydrogen-bond acceptors (Lipinski definition) is 4. The minimum atomic E-state index is -4.41. The number of carbonyl (C=O) groups excluding carboxylic acids is 2. The Hall–Kier alpha value is -3.23. The van der Waals surface area contributed by atoms with Crippen LogP contribution in [0.15, 0.2) is 42.5 Å². The van der Waals surface area contributed by atoms with Crippen LogP contribution in [0, 0.1) is 0 Å². The lowest BCUT2D eigenvalue weighted by Gasteiger charge is -2.14. The van der Waals surface area contributed by atoms with Crippen molar-refractivity contribution in [3.05, 3.63) is 70.3 Å². The molecule has 2 aromatic carbocycles. The maximum Gasteiger partial charge on any atom is 0.416 e. The first-order chi connectivity index (χ1) is 16.7. The lowest BCUT2D eigenvalue weighted by atomic mass is 9.94. The van der Waals surface area contributed by atoms with Crippen LogP contribution >= 0.6 is 0 Å². The first-order valence-electron chi connectivity index (χ1n) is 11.8. The van der Waals surface area contributed by atoms with Crippen molar-refractivity contribution in [2.45, 2.75) is 52.1 Å². The molecule has 0 spiro atoms. The van der Waals surface area contributed by atoms with Gasteiger partial charge in [-0.25, -0.2) is 9.59 Å². The van der Waals surface area contributed by atoms with Gasteiger partial charge < -0.3 is 20.1 Å². The third kappa shape index (κ3) is 10.3. The maximum absolute atomic E-state index is 13.1. The van der Waals surface area contributed by atoms with E-state index in [1.807, 2.05) is 32.0 Å². The Morgan fingerprint density at radius 2 is 1.43 bits per heavy atom. The summed E-state index contributed by atoms with van der Waals surface area (Å²) in [5.74, 6) is 0. The quantitative estimate of drug-likeness (QED) is 0.400. The summed E-state index contributed by atoms with van der Waals surface area (Å²) in [7, 11) is 0. The van der Waals surface area contributed by atoms with Crippen LogP contribution in [0.3, 0.4) is 0 Å².